The minimum atomic E-state index is -0.273. The van der Waals surface area contributed by atoms with Crippen LogP contribution in [0.25, 0.3) is 0 Å². The van der Waals surface area contributed by atoms with Gasteiger partial charge in [0.05, 0.1) is 6.04 Å². The van der Waals surface area contributed by atoms with E-state index in [0.717, 1.165) is 12.0 Å². The van der Waals surface area contributed by atoms with Gasteiger partial charge in [-0.1, -0.05) is 31.2 Å². The van der Waals surface area contributed by atoms with Gasteiger partial charge in [0.2, 0.25) is 0 Å². The van der Waals surface area contributed by atoms with Crippen LogP contribution in [0, 0.1) is 0 Å². The van der Waals surface area contributed by atoms with E-state index >= 15 is 0 Å². The van der Waals surface area contributed by atoms with Crippen LogP contribution in [-0.2, 0) is 11.2 Å². The highest BCUT2D eigenvalue weighted by Crippen LogP contribution is 2.14. The Hall–Kier alpha value is -2.38. The zero-order chi connectivity index (χ0) is 16.7. The average molecular weight is 316 g/mol. The SMILES string of the molecule is CCc1ccc(C(C=NC)NC(=O)C2=CN(CCN)NN2)cc1. The van der Waals surface area contributed by atoms with Crippen molar-refractivity contribution in [3.05, 3.63) is 47.3 Å². The highest BCUT2D eigenvalue weighted by atomic mass is 16.2. The van der Waals surface area contributed by atoms with E-state index in [-0.39, 0.29) is 11.9 Å². The Morgan fingerprint density at radius 2 is 2.17 bits per heavy atom. The van der Waals surface area contributed by atoms with Gasteiger partial charge >= 0.3 is 0 Å². The number of aryl methyl sites for hydroxylation is 1. The Morgan fingerprint density at radius 3 is 2.78 bits per heavy atom. The van der Waals surface area contributed by atoms with Crippen molar-refractivity contribution in [3.8, 4) is 0 Å². The summed E-state index contributed by atoms with van der Waals surface area (Å²) in [5, 5.41) is 4.69. The number of nitrogens with zero attached hydrogens (tertiary/aromatic N) is 2. The third kappa shape index (κ3) is 4.54. The number of benzene rings is 1. The molecule has 0 aromatic heterocycles. The summed E-state index contributed by atoms with van der Waals surface area (Å²) in [6.07, 6.45) is 4.40. The zero-order valence-corrected chi connectivity index (χ0v) is 13.5. The normalized spacial score (nSPS) is 15.4. The van der Waals surface area contributed by atoms with Crippen LogP contribution in [-0.4, -0.2) is 37.3 Å². The van der Waals surface area contributed by atoms with Crippen LogP contribution in [0.2, 0.25) is 0 Å². The quantitative estimate of drug-likeness (QED) is 0.540. The molecule has 5 N–H and O–H groups in total. The summed E-state index contributed by atoms with van der Waals surface area (Å²) in [6, 6.07) is 7.89. The summed E-state index contributed by atoms with van der Waals surface area (Å²) >= 11 is 0. The molecule has 0 bridgehead atoms. The minimum Gasteiger partial charge on any atom is -0.339 e. The molecule has 1 atom stereocenters. The maximum Gasteiger partial charge on any atom is 0.271 e. The van der Waals surface area contributed by atoms with Crippen LogP contribution in [0.4, 0.5) is 0 Å². The van der Waals surface area contributed by atoms with E-state index in [2.05, 4.69) is 40.3 Å². The molecule has 23 heavy (non-hydrogen) atoms. The molecule has 2 rings (SSSR count). The van der Waals surface area contributed by atoms with E-state index in [1.54, 1.807) is 24.5 Å². The topological polar surface area (TPSA) is 94.8 Å². The van der Waals surface area contributed by atoms with E-state index in [9.17, 15) is 4.79 Å². The van der Waals surface area contributed by atoms with Crippen molar-refractivity contribution in [2.24, 2.45) is 10.7 Å². The van der Waals surface area contributed by atoms with Gasteiger partial charge in [-0.05, 0) is 17.5 Å². The van der Waals surface area contributed by atoms with E-state index in [1.807, 2.05) is 12.1 Å². The molecule has 1 amide bonds. The number of carbonyl (C=O) groups excluding carboxylic acids is 1. The fraction of sp³-hybridized carbons (Fsp3) is 0.375. The molecule has 1 aromatic carbocycles. The van der Waals surface area contributed by atoms with E-state index in [4.69, 9.17) is 5.73 Å². The van der Waals surface area contributed by atoms with E-state index < -0.39 is 0 Å². The molecular weight excluding hydrogens is 292 g/mol. The zero-order valence-electron chi connectivity index (χ0n) is 13.5. The largest absolute Gasteiger partial charge is 0.339 e. The van der Waals surface area contributed by atoms with Gasteiger partial charge in [0.25, 0.3) is 5.91 Å². The van der Waals surface area contributed by atoms with Crippen LogP contribution in [0.5, 0.6) is 0 Å². The van der Waals surface area contributed by atoms with Gasteiger partial charge in [-0.2, -0.15) is 0 Å². The summed E-state index contributed by atoms with van der Waals surface area (Å²) in [4.78, 5) is 16.4. The van der Waals surface area contributed by atoms with Crippen LogP contribution >= 0.6 is 0 Å². The highest BCUT2D eigenvalue weighted by Gasteiger charge is 2.20. The molecule has 124 valence electrons. The molecule has 1 unspecified atom stereocenters. The molecule has 1 aliphatic heterocycles. The molecule has 1 heterocycles. The number of hydrogen-bond donors (Lipinski definition) is 4. The molecule has 0 fully saturated rings. The van der Waals surface area contributed by atoms with Crippen molar-refractivity contribution in [1.82, 2.24) is 21.3 Å². The van der Waals surface area contributed by atoms with Gasteiger partial charge in [0.15, 0.2) is 0 Å². The molecule has 0 saturated heterocycles. The van der Waals surface area contributed by atoms with Gasteiger partial charge in [-0.15, -0.1) is 5.53 Å². The Balaban J connectivity index is 2.07. The smallest absolute Gasteiger partial charge is 0.271 e. The number of hydrogen-bond acceptors (Lipinski definition) is 6. The van der Waals surface area contributed by atoms with Crippen LogP contribution in [0.3, 0.4) is 0 Å². The molecule has 7 heteroatoms. The maximum atomic E-state index is 12.4. The molecule has 0 aliphatic carbocycles. The lowest BCUT2D eigenvalue weighted by atomic mass is 10.0. The minimum absolute atomic E-state index is 0.207. The first-order valence-corrected chi connectivity index (χ1v) is 7.70. The van der Waals surface area contributed by atoms with Crippen LogP contribution < -0.4 is 22.0 Å². The molecule has 1 aliphatic rings. The Morgan fingerprint density at radius 1 is 1.43 bits per heavy atom. The summed E-state index contributed by atoms with van der Waals surface area (Å²) < 4.78 is 0. The number of carbonyl (C=O) groups is 1. The molecule has 0 radical (unpaired) electrons. The molecule has 7 nitrogen and oxygen atoms in total. The number of amides is 1. The van der Waals surface area contributed by atoms with Gasteiger partial charge in [0, 0.05) is 32.6 Å². The first kappa shape index (κ1) is 17.0. The Labute approximate surface area is 136 Å². The Kier molecular flexibility index (Phi) is 6.13. The van der Waals surface area contributed by atoms with Crippen molar-refractivity contribution < 1.29 is 4.79 Å². The van der Waals surface area contributed by atoms with Crippen molar-refractivity contribution in [2.75, 3.05) is 20.1 Å². The fourth-order valence-electron chi connectivity index (χ4n) is 2.26. The predicted octanol–water partition coefficient (Wildman–Crippen LogP) is 0.232. The number of hydrazine groups is 2. The number of nitrogens with two attached hydrogens (primary N) is 1. The van der Waals surface area contributed by atoms with Gasteiger partial charge < -0.3 is 11.1 Å². The third-order valence-corrected chi connectivity index (χ3v) is 3.57. The van der Waals surface area contributed by atoms with Gasteiger partial charge in [0.1, 0.15) is 5.70 Å². The molecule has 0 spiro atoms. The first-order chi connectivity index (χ1) is 11.2. The lowest BCUT2D eigenvalue weighted by molar-refractivity contribution is -0.118. The molecular formula is C16H24N6O. The van der Waals surface area contributed by atoms with Crippen molar-refractivity contribution in [3.63, 3.8) is 0 Å². The lowest BCUT2D eigenvalue weighted by Gasteiger charge is -2.15. The predicted molar refractivity (Wildman–Crippen MR) is 91.2 cm³/mol. The summed E-state index contributed by atoms with van der Waals surface area (Å²) in [6.45, 7) is 3.22. The monoisotopic (exact) mass is 316 g/mol. The summed E-state index contributed by atoms with van der Waals surface area (Å²) in [5.41, 5.74) is 13.9. The fourth-order valence-corrected chi connectivity index (χ4v) is 2.26. The van der Waals surface area contributed by atoms with Crippen molar-refractivity contribution in [2.45, 2.75) is 19.4 Å². The first-order valence-electron chi connectivity index (χ1n) is 7.70. The van der Waals surface area contributed by atoms with Crippen LogP contribution in [0.1, 0.15) is 24.1 Å². The van der Waals surface area contributed by atoms with Crippen LogP contribution in [0.15, 0.2) is 41.2 Å². The second-order valence-electron chi connectivity index (χ2n) is 5.22. The third-order valence-electron chi connectivity index (χ3n) is 3.57. The standard InChI is InChI=1S/C16H24N6O/c1-3-12-4-6-13(7-5-12)14(10-18-2)19-16(23)15-11-22(9-8-17)21-20-15/h4-7,10-11,14,20-21H,3,8-9,17H2,1-2H3,(H,19,23). The maximum absolute atomic E-state index is 12.4. The summed E-state index contributed by atoms with van der Waals surface area (Å²) in [5.74, 6) is -0.207. The lowest BCUT2D eigenvalue weighted by Crippen LogP contribution is -2.41. The highest BCUT2D eigenvalue weighted by molar-refractivity contribution is 5.94. The van der Waals surface area contributed by atoms with E-state index in [0.29, 0.717) is 18.8 Å². The Bertz CT molecular complexity index is 581. The number of nitrogens with one attached hydrogen (secondary N) is 3. The molecule has 0 saturated carbocycles. The van der Waals surface area contributed by atoms with E-state index in [1.165, 1.54) is 5.56 Å². The molecule has 1 aromatic rings. The second kappa shape index (κ2) is 8.30. The number of rotatable bonds is 7. The van der Waals surface area contributed by atoms with Crippen molar-refractivity contribution >= 4 is 12.1 Å². The summed E-state index contributed by atoms with van der Waals surface area (Å²) in [7, 11) is 1.69. The second-order valence-corrected chi connectivity index (χ2v) is 5.22. The van der Waals surface area contributed by atoms with Crippen molar-refractivity contribution in [1.29, 1.82) is 0 Å². The number of aliphatic imine (C=N–C) groups is 1. The van der Waals surface area contributed by atoms with Gasteiger partial charge in [-0.3, -0.25) is 20.2 Å². The average Bonchev–Trinajstić information content (AvgIpc) is 3.04. The van der Waals surface area contributed by atoms with Gasteiger partial charge in [-0.25, -0.2) is 0 Å².